The predicted molar refractivity (Wildman–Crippen MR) is 116 cm³/mol. The van der Waals surface area contributed by atoms with Gasteiger partial charge in [-0.25, -0.2) is 17.8 Å². The van der Waals surface area contributed by atoms with E-state index in [2.05, 4.69) is 10.3 Å². The van der Waals surface area contributed by atoms with E-state index in [0.717, 1.165) is 31.4 Å². The van der Waals surface area contributed by atoms with Crippen LogP contribution in [0.5, 0.6) is 11.6 Å². The molecule has 0 spiro atoms. The fourth-order valence-electron chi connectivity index (χ4n) is 3.44. The first-order chi connectivity index (χ1) is 16.6. The smallest absolute Gasteiger partial charge is 0.265 e. The highest BCUT2D eigenvalue weighted by Crippen LogP contribution is 2.38. The number of nitrogens with one attached hydrogen (secondary N) is 1. The van der Waals surface area contributed by atoms with E-state index in [1.165, 1.54) is 6.07 Å². The van der Waals surface area contributed by atoms with Crippen molar-refractivity contribution in [3.05, 3.63) is 46.9 Å². The van der Waals surface area contributed by atoms with Crippen LogP contribution < -0.4 is 14.8 Å². The zero-order valence-corrected chi connectivity index (χ0v) is 18.7. The zero-order chi connectivity index (χ0) is 27.0. The number of amides is 3. The average Bonchev–Trinajstić information content (AvgIpc) is 2.99. The van der Waals surface area contributed by atoms with E-state index in [1.807, 2.05) is 0 Å². The number of hydrogen-bond donors (Lipinski definition) is 1. The molecule has 176 valence electrons. The lowest BCUT2D eigenvalue weighted by Gasteiger charge is -2.26. The third-order valence-electron chi connectivity index (χ3n) is 4.68. The first-order valence-electron chi connectivity index (χ1n) is 11.1. The van der Waals surface area contributed by atoms with Crippen LogP contribution in [0.25, 0.3) is 0 Å². The molecule has 0 fully saturated rings. The second-order valence-electron chi connectivity index (χ2n) is 7.19. The molecule has 3 amide bonds. The second-order valence-corrected chi connectivity index (χ2v) is 9.37. The number of ether oxygens (including phenoxy) is 2. The molecule has 1 aliphatic heterocycles. The van der Waals surface area contributed by atoms with Crippen LogP contribution in [0.4, 0.5) is 10.1 Å². The predicted octanol–water partition coefficient (Wildman–Crippen LogP) is 1.97. The number of aromatic nitrogens is 1. The van der Waals surface area contributed by atoms with Crippen molar-refractivity contribution >= 4 is 33.2 Å². The van der Waals surface area contributed by atoms with Gasteiger partial charge in [0, 0.05) is 13.2 Å². The molecule has 0 unspecified atom stereocenters. The molecule has 0 aliphatic carbocycles. The van der Waals surface area contributed by atoms with E-state index >= 15 is 0 Å². The molecule has 1 atom stereocenters. The summed E-state index contributed by atoms with van der Waals surface area (Å²) in [6.07, 6.45) is 0.872. The lowest BCUT2D eigenvalue weighted by molar-refractivity contribution is -0.114. The van der Waals surface area contributed by atoms with Crippen LogP contribution in [-0.4, -0.2) is 61.7 Å². The van der Waals surface area contributed by atoms with Crippen LogP contribution in [0, 0.1) is 5.82 Å². The Morgan fingerprint density at radius 2 is 1.94 bits per heavy atom. The molecule has 1 aromatic carbocycles. The Kier molecular flexibility index (Phi) is 5.56. The molecule has 1 aromatic heterocycles. The van der Waals surface area contributed by atoms with Crippen molar-refractivity contribution in [1.82, 2.24) is 9.88 Å². The Bertz CT molecular complexity index is 1350. The maximum atomic E-state index is 14.6. The highest BCUT2D eigenvalue weighted by Gasteiger charge is 2.45. The number of benzene rings is 1. The van der Waals surface area contributed by atoms with Crippen LogP contribution in [0.15, 0.2) is 24.3 Å². The third kappa shape index (κ3) is 4.80. The van der Waals surface area contributed by atoms with Gasteiger partial charge in [-0.05, 0) is 31.2 Å². The molecule has 33 heavy (non-hydrogen) atoms. The minimum atomic E-state index is -3.86. The number of methoxy groups -OCH3 is 1. The third-order valence-corrected chi connectivity index (χ3v) is 5.60. The first kappa shape index (κ1) is 20.1. The summed E-state index contributed by atoms with van der Waals surface area (Å²) in [4.78, 5) is 42.8. The number of pyridine rings is 1. The van der Waals surface area contributed by atoms with Gasteiger partial charge in [0.15, 0.2) is 5.75 Å². The number of carbonyl (C=O) groups excluding carboxylic acids is 3. The Morgan fingerprint density at radius 3 is 2.55 bits per heavy atom. The van der Waals surface area contributed by atoms with Crippen molar-refractivity contribution in [3.8, 4) is 11.6 Å². The Hall–Kier alpha value is -3.54. The molecule has 1 N–H and O–H groups in total. The van der Waals surface area contributed by atoms with E-state index in [-0.39, 0.29) is 29.6 Å². The number of hydrogen-bond acceptors (Lipinski definition) is 8. The standard InChI is InChI=1S/C21H22FN3O7S/c1-5-32-19-16(31-3)9-8-13(24-19)15(10-33(4,29)30)25-20(27)17-12(22)6-7-14(23-11(2)26)18(17)21(25)28/h6-9,15H,5,10H2,1-4H3,(H,23,26)/t15-/m1/s1/i3D3. The van der Waals surface area contributed by atoms with Crippen molar-refractivity contribution in [1.29, 1.82) is 0 Å². The first-order valence-corrected chi connectivity index (χ1v) is 11.7. The minimum absolute atomic E-state index is 0.0306. The number of anilines is 1. The highest BCUT2D eigenvalue weighted by atomic mass is 32.2. The van der Waals surface area contributed by atoms with Crippen molar-refractivity contribution in [2.45, 2.75) is 19.9 Å². The van der Waals surface area contributed by atoms with Gasteiger partial charge in [0.1, 0.15) is 15.7 Å². The van der Waals surface area contributed by atoms with Gasteiger partial charge in [0.2, 0.25) is 5.91 Å². The van der Waals surface area contributed by atoms with Crippen LogP contribution in [0.3, 0.4) is 0 Å². The fraction of sp³-hybridized carbons (Fsp3) is 0.333. The highest BCUT2D eigenvalue weighted by molar-refractivity contribution is 7.90. The van der Waals surface area contributed by atoms with E-state index in [0.29, 0.717) is 4.90 Å². The van der Waals surface area contributed by atoms with Crippen molar-refractivity contribution in [2.24, 2.45) is 0 Å². The molecule has 3 rings (SSSR count). The van der Waals surface area contributed by atoms with E-state index in [1.54, 1.807) is 6.92 Å². The number of imide groups is 1. The Balaban J connectivity index is 2.16. The van der Waals surface area contributed by atoms with Gasteiger partial charge < -0.3 is 14.8 Å². The molecule has 2 heterocycles. The number of rotatable bonds is 8. The van der Waals surface area contributed by atoms with E-state index in [4.69, 9.17) is 13.6 Å². The van der Waals surface area contributed by atoms with Crippen LogP contribution in [0.2, 0.25) is 0 Å². The minimum Gasteiger partial charge on any atom is -0.491 e. The van der Waals surface area contributed by atoms with Gasteiger partial charge in [-0.2, -0.15) is 0 Å². The summed E-state index contributed by atoms with van der Waals surface area (Å²) in [5.74, 6) is -5.17. The summed E-state index contributed by atoms with van der Waals surface area (Å²) >= 11 is 0. The van der Waals surface area contributed by atoms with Crippen LogP contribution in [-0.2, 0) is 14.6 Å². The molecule has 0 saturated heterocycles. The quantitative estimate of drug-likeness (QED) is 0.565. The Morgan fingerprint density at radius 1 is 1.24 bits per heavy atom. The molecule has 12 heteroatoms. The number of halogens is 1. The van der Waals surface area contributed by atoms with Gasteiger partial charge in [-0.3, -0.25) is 19.3 Å². The maximum absolute atomic E-state index is 14.6. The van der Waals surface area contributed by atoms with E-state index < -0.39 is 63.3 Å². The summed E-state index contributed by atoms with van der Waals surface area (Å²) in [5, 5.41) is 2.36. The summed E-state index contributed by atoms with van der Waals surface area (Å²) < 4.78 is 71.2. The van der Waals surface area contributed by atoms with Gasteiger partial charge in [0.25, 0.3) is 17.7 Å². The molecule has 1 aliphatic rings. The summed E-state index contributed by atoms with van der Waals surface area (Å²) in [5.41, 5.74) is -1.33. The summed E-state index contributed by atoms with van der Waals surface area (Å²) in [6.45, 7) is 2.77. The molecule has 10 nitrogen and oxygen atoms in total. The van der Waals surface area contributed by atoms with Crippen molar-refractivity contribution in [2.75, 3.05) is 31.0 Å². The fourth-order valence-corrected chi connectivity index (χ4v) is 4.34. The monoisotopic (exact) mass is 482 g/mol. The molecule has 2 aromatic rings. The topological polar surface area (TPSA) is 132 Å². The Labute approximate surface area is 193 Å². The number of nitrogens with zero attached hydrogens (tertiary/aromatic N) is 2. The van der Waals surface area contributed by atoms with Gasteiger partial charge in [-0.1, -0.05) is 0 Å². The summed E-state index contributed by atoms with van der Waals surface area (Å²) in [7, 11) is -6.70. The lowest BCUT2D eigenvalue weighted by atomic mass is 10.1. The van der Waals surface area contributed by atoms with Gasteiger partial charge >= 0.3 is 0 Å². The second kappa shape index (κ2) is 9.14. The number of carbonyl (C=O) groups is 3. The summed E-state index contributed by atoms with van der Waals surface area (Å²) in [6, 6.07) is 2.79. The number of fused-ring (bicyclic) bond motifs is 1. The van der Waals surface area contributed by atoms with Crippen LogP contribution >= 0.6 is 0 Å². The van der Waals surface area contributed by atoms with Crippen LogP contribution in [0.1, 0.15) is 50.4 Å². The van der Waals surface area contributed by atoms with E-state index in [9.17, 15) is 27.2 Å². The normalized spacial score (nSPS) is 15.9. The zero-order valence-electron chi connectivity index (χ0n) is 20.8. The molecule has 0 saturated carbocycles. The molecule has 0 radical (unpaired) electrons. The SMILES string of the molecule is [2H]C([2H])([2H])Oc1ccc([C@@H](CS(C)(=O)=O)N2C(=O)c3c(F)ccc(NC(C)=O)c3C2=O)nc1OCC. The van der Waals surface area contributed by atoms with Crippen molar-refractivity contribution in [3.63, 3.8) is 0 Å². The molecular weight excluding hydrogens is 457 g/mol. The molecule has 0 bridgehead atoms. The lowest BCUT2D eigenvalue weighted by Crippen LogP contribution is -2.38. The van der Waals surface area contributed by atoms with Gasteiger partial charge in [-0.15, -0.1) is 0 Å². The average molecular weight is 483 g/mol. The maximum Gasteiger partial charge on any atom is 0.265 e. The molecular formula is C21H22FN3O7S. The van der Waals surface area contributed by atoms with Gasteiger partial charge in [0.05, 0.1) is 52.1 Å². The largest absolute Gasteiger partial charge is 0.491 e. The number of sulfone groups is 1. The van der Waals surface area contributed by atoms with Crippen molar-refractivity contribution < 1.29 is 40.8 Å².